The lowest BCUT2D eigenvalue weighted by Gasteiger charge is -2.17. The highest BCUT2D eigenvalue weighted by molar-refractivity contribution is 9.10. The van der Waals surface area contributed by atoms with Crippen molar-refractivity contribution in [1.82, 2.24) is 9.78 Å². The molecule has 0 aliphatic carbocycles. The van der Waals surface area contributed by atoms with Crippen molar-refractivity contribution in [3.63, 3.8) is 0 Å². The van der Waals surface area contributed by atoms with Crippen LogP contribution in [0.3, 0.4) is 0 Å². The molecule has 0 radical (unpaired) electrons. The first-order valence-corrected chi connectivity index (χ1v) is 6.26. The second-order valence-corrected chi connectivity index (χ2v) is 4.43. The first-order valence-electron chi connectivity index (χ1n) is 5.47. The number of anilines is 1. The first-order chi connectivity index (χ1) is 8.13. The zero-order chi connectivity index (χ0) is 12.8. The topological polar surface area (TPSA) is 72.9 Å². The number of rotatable bonds is 6. The molecule has 1 unspecified atom stereocenters. The third kappa shape index (κ3) is 3.41. The molecule has 0 saturated heterocycles. The summed E-state index contributed by atoms with van der Waals surface area (Å²) in [7, 11) is 0. The lowest BCUT2D eigenvalue weighted by atomic mass is 10.2. The Hall–Kier alpha value is -1.14. The Balaban J connectivity index is 3.00. The van der Waals surface area contributed by atoms with Gasteiger partial charge >= 0.3 is 0 Å². The monoisotopic (exact) mass is 300 g/mol. The molecule has 0 aliphatic rings. The first kappa shape index (κ1) is 13.9. The average molecular weight is 301 g/mol. The van der Waals surface area contributed by atoms with E-state index < -0.39 is 0 Å². The van der Waals surface area contributed by atoms with Gasteiger partial charge in [0.1, 0.15) is 4.47 Å². The van der Waals surface area contributed by atoms with Crippen LogP contribution in [0.1, 0.15) is 13.3 Å². The van der Waals surface area contributed by atoms with Crippen molar-refractivity contribution >= 4 is 21.6 Å². The Morgan fingerprint density at radius 2 is 2.47 bits per heavy atom. The van der Waals surface area contributed by atoms with E-state index in [1.807, 2.05) is 6.92 Å². The molecule has 1 atom stereocenters. The van der Waals surface area contributed by atoms with Crippen LogP contribution in [-0.2, 0) is 6.54 Å². The third-order valence-corrected chi connectivity index (χ3v) is 3.19. The molecule has 1 aromatic heterocycles. The maximum absolute atomic E-state index is 11.9. The highest BCUT2D eigenvalue weighted by Gasteiger charge is 2.11. The smallest absolute Gasteiger partial charge is 0.283 e. The van der Waals surface area contributed by atoms with Crippen molar-refractivity contribution < 1.29 is 0 Å². The minimum absolute atomic E-state index is 0.141. The van der Waals surface area contributed by atoms with Crippen molar-refractivity contribution in [3.05, 3.63) is 33.7 Å². The van der Waals surface area contributed by atoms with Gasteiger partial charge in [-0.05, 0) is 22.4 Å². The predicted octanol–water partition coefficient (Wildman–Crippen LogP) is 1.34. The van der Waals surface area contributed by atoms with Gasteiger partial charge in [-0.2, -0.15) is 5.10 Å². The second kappa shape index (κ2) is 6.56. The van der Waals surface area contributed by atoms with E-state index in [9.17, 15) is 4.79 Å². The fourth-order valence-electron chi connectivity index (χ4n) is 1.37. The third-order valence-electron chi connectivity index (χ3n) is 2.42. The van der Waals surface area contributed by atoms with Gasteiger partial charge in [-0.15, -0.1) is 6.58 Å². The van der Waals surface area contributed by atoms with E-state index in [2.05, 4.69) is 32.9 Å². The Morgan fingerprint density at radius 3 is 3.00 bits per heavy atom. The van der Waals surface area contributed by atoms with Crippen LogP contribution in [-0.4, -0.2) is 22.4 Å². The summed E-state index contributed by atoms with van der Waals surface area (Å²) in [4.78, 5) is 11.9. The van der Waals surface area contributed by atoms with Crippen LogP contribution in [0.4, 0.5) is 5.69 Å². The van der Waals surface area contributed by atoms with E-state index in [0.717, 1.165) is 6.42 Å². The number of hydrogen-bond acceptors (Lipinski definition) is 4. The van der Waals surface area contributed by atoms with Gasteiger partial charge in [-0.3, -0.25) is 4.79 Å². The number of nitrogens with two attached hydrogens (primary N) is 1. The second-order valence-electron chi connectivity index (χ2n) is 3.63. The maximum atomic E-state index is 11.9. The van der Waals surface area contributed by atoms with E-state index in [1.54, 1.807) is 12.3 Å². The van der Waals surface area contributed by atoms with Crippen LogP contribution in [0, 0.1) is 0 Å². The average Bonchev–Trinajstić information content (AvgIpc) is 2.34. The molecule has 0 fully saturated rings. The van der Waals surface area contributed by atoms with Crippen LogP contribution in [0.5, 0.6) is 0 Å². The molecule has 6 heteroatoms. The van der Waals surface area contributed by atoms with E-state index in [-0.39, 0.29) is 11.6 Å². The zero-order valence-corrected chi connectivity index (χ0v) is 11.4. The summed E-state index contributed by atoms with van der Waals surface area (Å²) in [6.07, 6.45) is 4.13. The van der Waals surface area contributed by atoms with Crippen molar-refractivity contribution in [2.24, 2.45) is 5.73 Å². The molecule has 1 heterocycles. The summed E-state index contributed by atoms with van der Waals surface area (Å²) in [6, 6.07) is 0.141. The van der Waals surface area contributed by atoms with Crippen LogP contribution in [0.15, 0.2) is 28.1 Å². The molecule has 0 aromatic carbocycles. The molecule has 1 rings (SSSR count). The number of aromatic nitrogens is 2. The summed E-state index contributed by atoms with van der Waals surface area (Å²) >= 11 is 3.28. The summed E-state index contributed by atoms with van der Waals surface area (Å²) < 4.78 is 1.81. The van der Waals surface area contributed by atoms with Gasteiger partial charge in [0.2, 0.25) is 0 Å². The minimum atomic E-state index is -0.179. The zero-order valence-electron chi connectivity index (χ0n) is 9.82. The molecule has 0 bridgehead atoms. The molecule has 0 saturated carbocycles. The van der Waals surface area contributed by atoms with Gasteiger partial charge in [-0.1, -0.05) is 13.0 Å². The quantitative estimate of drug-likeness (QED) is 0.778. The van der Waals surface area contributed by atoms with E-state index in [0.29, 0.717) is 23.2 Å². The lowest BCUT2D eigenvalue weighted by molar-refractivity contribution is 0.644. The summed E-state index contributed by atoms with van der Waals surface area (Å²) in [5, 5.41) is 7.23. The van der Waals surface area contributed by atoms with Gasteiger partial charge in [0, 0.05) is 12.6 Å². The number of hydrogen-bond donors (Lipinski definition) is 2. The van der Waals surface area contributed by atoms with Crippen LogP contribution in [0.2, 0.25) is 0 Å². The molecule has 1 aromatic rings. The van der Waals surface area contributed by atoms with Crippen molar-refractivity contribution in [1.29, 1.82) is 0 Å². The molecule has 17 heavy (non-hydrogen) atoms. The van der Waals surface area contributed by atoms with Crippen molar-refractivity contribution in [2.45, 2.75) is 25.9 Å². The SMILES string of the molecule is C=CCn1ncc(NC(CC)CN)c(Br)c1=O. The summed E-state index contributed by atoms with van der Waals surface area (Å²) in [5.41, 5.74) is 6.10. The Kier molecular flexibility index (Phi) is 5.37. The molecule has 0 spiro atoms. The number of halogens is 1. The van der Waals surface area contributed by atoms with Gasteiger partial charge in [0.25, 0.3) is 5.56 Å². The van der Waals surface area contributed by atoms with Gasteiger partial charge in [-0.25, -0.2) is 4.68 Å². The highest BCUT2D eigenvalue weighted by atomic mass is 79.9. The number of nitrogens with zero attached hydrogens (tertiary/aromatic N) is 2. The van der Waals surface area contributed by atoms with Crippen LogP contribution >= 0.6 is 15.9 Å². The molecule has 5 nitrogen and oxygen atoms in total. The van der Waals surface area contributed by atoms with Crippen LogP contribution < -0.4 is 16.6 Å². The predicted molar refractivity (Wildman–Crippen MR) is 73.2 cm³/mol. The van der Waals surface area contributed by atoms with E-state index in [4.69, 9.17) is 5.73 Å². The van der Waals surface area contributed by atoms with Gasteiger partial charge in [0.15, 0.2) is 0 Å². The summed E-state index contributed by atoms with van der Waals surface area (Å²) in [6.45, 7) is 6.52. The normalized spacial score (nSPS) is 12.2. The Labute approximate surface area is 109 Å². The fraction of sp³-hybridized carbons (Fsp3) is 0.455. The molecule has 94 valence electrons. The largest absolute Gasteiger partial charge is 0.379 e. The molecule has 0 amide bonds. The van der Waals surface area contributed by atoms with Gasteiger partial charge in [0.05, 0.1) is 18.4 Å². The standard InChI is InChI=1S/C11H17BrN4O/c1-3-5-16-11(17)10(12)9(7-14-16)15-8(4-2)6-13/h3,7-8,15H,1,4-6,13H2,2H3. The number of nitrogens with one attached hydrogen (secondary N) is 1. The fourth-order valence-corrected chi connectivity index (χ4v) is 1.79. The van der Waals surface area contributed by atoms with E-state index in [1.165, 1.54) is 4.68 Å². The Bertz CT molecular complexity index is 440. The highest BCUT2D eigenvalue weighted by Crippen LogP contribution is 2.17. The van der Waals surface area contributed by atoms with Crippen molar-refractivity contribution in [3.8, 4) is 0 Å². The van der Waals surface area contributed by atoms with E-state index >= 15 is 0 Å². The molecular weight excluding hydrogens is 284 g/mol. The minimum Gasteiger partial charge on any atom is -0.379 e. The summed E-state index contributed by atoms with van der Waals surface area (Å²) in [5.74, 6) is 0. The van der Waals surface area contributed by atoms with Crippen LogP contribution in [0.25, 0.3) is 0 Å². The number of allylic oxidation sites excluding steroid dienone is 1. The Morgan fingerprint density at radius 1 is 1.76 bits per heavy atom. The molecule has 3 N–H and O–H groups in total. The van der Waals surface area contributed by atoms with Crippen molar-refractivity contribution in [2.75, 3.05) is 11.9 Å². The molecular formula is C11H17BrN4O. The van der Waals surface area contributed by atoms with Gasteiger partial charge < -0.3 is 11.1 Å². The maximum Gasteiger partial charge on any atom is 0.283 e. The lowest BCUT2D eigenvalue weighted by Crippen LogP contribution is -2.30. The molecule has 0 aliphatic heterocycles.